The maximum absolute atomic E-state index is 12.2. The predicted octanol–water partition coefficient (Wildman–Crippen LogP) is 2.94. The molecule has 10 heteroatoms. The lowest BCUT2D eigenvalue weighted by molar-refractivity contribution is -0.138. The van der Waals surface area contributed by atoms with Crippen LogP contribution >= 0.6 is 0 Å². The van der Waals surface area contributed by atoms with Gasteiger partial charge >= 0.3 is 12.0 Å². The van der Waals surface area contributed by atoms with E-state index < -0.39 is 28.1 Å². The van der Waals surface area contributed by atoms with Crippen LogP contribution in [0.4, 0.5) is 16.2 Å². The molecule has 1 aromatic heterocycles. The van der Waals surface area contributed by atoms with Crippen LogP contribution in [0.25, 0.3) is 11.1 Å². The van der Waals surface area contributed by atoms with Crippen LogP contribution < -0.4 is 15.4 Å². The Balaban J connectivity index is 1.68. The third kappa shape index (κ3) is 6.89. The molecule has 9 nitrogen and oxygen atoms in total. The number of benzene rings is 2. The summed E-state index contributed by atoms with van der Waals surface area (Å²) in [7, 11) is -3.65. The van der Waals surface area contributed by atoms with E-state index in [0.29, 0.717) is 16.9 Å². The van der Waals surface area contributed by atoms with Crippen molar-refractivity contribution in [3.8, 4) is 11.1 Å². The Morgan fingerprint density at radius 2 is 1.66 bits per heavy atom. The summed E-state index contributed by atoms with van der Waals surface area (Å²) in [5, 5.41) is 14.7. The van der Waals surface area contributed by atoms with E-state index in [9.17, 15) is 23.1 Å². The summed E-state index contributed by atoms with van der Waals surface area (Å²) >= 11 is 0. The van der Waals surface area contributed by atoms with Crippen molar-refractivity contribution >= 4 is 33.4 Å². The van der Waals surface area contributed by atoms with Crippen molar-refractivity contribution in [1.29, 1.82) is 0 Å². The zero-order valence-electron chi connectivity index (χ0n) is 17.1. The van der Waals surface area contributed by atoms with Crippen molar-refractivity contribution in [2.24, 2.45) is 0 Å². The van der Waals surface area contributed by atoms with E-state index in [2.05, 4.69) is 20.3 Å². The number of pyridine rings is 1. The van der Waals surface area contributed by atoms with E-state index in [1.54, 1.807) is 42.6 Å². The lowest BCUT2D eigenvalue weighted by Gasteiger charge is -2.13. The number of anilines is 2. The molecular formula is C22H22N4O5S. The number of carbonyl (C=O) groups excluding carboxylic acids is 1. The Hall–Kier alpha value is -3.76. The molecule has 0 aliphatic carbocycles. The number of carboxylic acid groups (broad SMARTS) is 1. The molecule has 2 aromatic carbocycles. The van der Waals surface area contributed by atoms with Gasteiger partial charge in [0.05, 0.1) is 18.1 Å². The number of carbonyl (C=O) groups is 2. The number of nitrogens with zero attached hydrogens (tertiary/aromatic N) is 1. The number of carboxylic acids is 1. The minimum atomic E-state index is -3.65. The smallest absolute Gasteiger partial charge is 0.323 e. The summed E-state index contributed by atoms with van der Waals surface area (Å²) in [5.74, 6) is -1.25. The first-order valence-electron chi connectivity index (χ1n) is 9.57. The zero-order valence-corrected chi connectivity index (χ0v) is 18.0. The number of urea groups is 1. The molecule has 0 bridgehead atoms. The second kappa shape index (κ2) is 10.0. The SMILES string of the molecule is CS(=O)(=O)N[C@@H](Cc1ccc(-c2cccc(NC(=O)Nc3cccnc3)c2)cc1)C(=O)O. The Kier molecular flexibility index (Phi) is 7.18. The van der Waals surface area contributed by atoms with Gasteiger partial charge in [0, 0.05) is 11.9 Å². The number of hydrogen-bond donors (Lipinski definition) is 4. The average molecular weight is 455 g/mol. The summed E-state index contributed by atoms with van der Waals surface area (Å²) < 4.78 is 24.9. The maximum Gasteiger partial charge on any atom is 0.323 e. The normalized spacial score (nSPS) is 12.0. The molecule has 166 valence electrons. The first-order valence-corrected chi connectivity index (χ1v) is 11.5. The van der Waals surface area contributed by atoms with Gasteiger partial charge in [-0.3, -0.25) is 9.78 Å². The summed E-state index contributed by atoms with van der Waals surface area (Å²) in [6.07, 6.45) is 4.09. The Morgan fingerprint density at radius 1 is 0.969 bits per heavy atom. The molecule has 4 N–H and O–H groups in total. The Morgan fingerprint density at radius 3 is 2.28 bits per heavy atom. The molecule has 32 heavy (non-hydrogen) atoms. The monoisotopic (exact) mass is 454 g/mol. The second-order valence-corrected chi connectivity index (χ2v) is 8.86. The van der Waals surface area contributed by atoms with E-state index in [1.807, 2.05) is 24.3 Å². The van der Waals surface area contributed by atoms with Crippen LogP contribution in [-0.2, 0) is 21.2 Å². The molecule has 0 unspecified atom stereocenters. The topological polar surface area (TPSA) is 137 Å². The molecule has 3 aromatic rings. The summed E-state index contributed by atoms with van der Waals surface area (Å²) in [4.78, 5) is 27.5. The third-order valence-corrected chi connectivity index (χ3v) is 5.13. The van der Waals surface area contributed by atoms with Crippen LogP contribution in [0.3, 0.4) is 0 Å². The molecule has 0 saturated carbocycles. The van der Waals surface area contributed by atoms with Gasteiger partial charge in [-0.1, -0.05) is 36.4 Å². The maximum atomic E-state index is 12.2. The average Bonchev–Trinajstić information content (AvgIpc) is 2.73. The van der Waals surface area contributed by atoms with Crippen molar-refractivity contribution < 1.29 is 23.1 Å². The summed E-state index contributed by atoms with van der Waals surface area (Å²) in [6, 6.07) is 16.1. The molecule has 0 aliphatic heterocycles. The molecule has 1 atom stereocenters. The van der Waals surface area contributed by atoms with E-state index in [0.717, 1.165) is 17.4 Å². The van der Waals surface area contributed by atoms with Crippen molar-refractivity contribution in [3.63, 3.8) is 0 Å². The molecule has 3 rings (SSSR count). The molecule has 0 spiro atoms. The van der Waals surface area contributed by atoms with E-state index >= 15 is 0 Å². The number of hydrogen-bond acceptors (Lipinski definition) is 5. The number of rotatable bonds is 8. The number of sulfonamides is 1. The highest BCUT2D eigenvalue weighted by molar-refractivity contribution is 7.88. The number of aliphatic carboxylic acids is 1. The van der Waals surface area contributed by atoms with Crippen LogP contribution in [0.1, 0.15) is 5.56 Å². The van der Waals surface area contributed by atoms with Gasteiger partial charge in [0.1, 0.15) is 6.04 Å². The molecular weight excluding hydrogens is 432 g/mol. The van der Waals surface area contributed by atoms with Crippen LogP contribution in [0, 0.1) is 0 Å². The van der Waals surface area contributed by atoms with Gasteiger partial charge in [0.15, 0.2) is 0 Å². The lowest BCUT2D eigenvalue weighted by atomic mass is 10.0. The number of nitrogens with one attached hydrogen (secondary N) is 3. The largest absolute Gasteiger partial charge is 0.480 e. The Labute approximate surface area is 185 Å². The first-order chi connectivity index (χ1) is 15.2. The zero-order chi connectivity index (χ0) is 23.1. The van der Waals surface area contributed by atoms with Gasteiger partial charge in [-0.05, 0) is 47.4 Å². The summed E-state index contributed by atoms with van der Waals surface area (Å²) in [5.41, 5.74) is 3.54. The van der Waals surface area contributed by atoms with Crippen LogP contribution in [0.15, 0.2) is 73.1 Å². The van der Waals surface area contributed by atoms with Gasteiger partial charge < -0.3 is 15.7 Å². The van der Waals surface area contributed by atoms with E-state index in [-0.39, 0.29) is 6.42 Å². The van der Waals surface area contributed by atoms with Gasteiger partial charge in [-0.15, -0.1) is 0 Å². The molecule has 1 heterocycles. The van der Waals surface area contributed by atoms with Crippen LogP contribution in [0.2, 0.25) is 0 Å². The minimum absolute atomic E-state index is 0.0127. The molecule has 0 radical (unpaired) electrons. The van der Waals surface area contributed by atoms with Gasteiger partial charge in [-0.2, -0.15) is 0 Å². The van der Waals surface area contributed by atoms with Gasteiger partial charge in [0.25, 0.3) is 0 Å². The van der Waals surface area contributed by atoms with E-state index in [1.165, 1.54) is 6.20 Å². The predicted molar refractivity (Wildman–Crippen MR) is 122 cm³/mol. The fourth-order valence-electron chi connectivity index (χ4n) is 3.01. The van der Waals surface area contributed by atoms with Gasteiger partial charge in [0.2, 0.25) is 10.0 Å². The van der Waals surface area contributed by atoms with E-state index in [4.69, 9.17) is 0 Å². The second-order valence-electron chi connectivity index (χ2n) is 7.08. The van der Waals surface area contributed by atoms with Crippen LogP contribution in [-0.4, -0.2) is 42.8 Å². The standard InChI is InChI=1S/C22H22N4O5S/c1-32(30,31)26-20(21(27)28)12-15-7-9-16(10-8-15)17-4-2-5-18(13-17)24-22(29)25-19-6-3-11-23-14-19/h2-11,13-14,20,26H,12H2,1H3,(H,27,28)(H2,24,25,29)/t20-/m0/s1. The van der Waals surface area contributed by atoms with Crippen LogP contribution in [0.5, 0.6) is 0 Å². The highest BCUT2D eigenvalue weighted by atomic mass is 32.2. The fraction of sp³-hybridized carbons (Fsp3) is 0.136. The summed E-state index contributed by atoms with van der Waals surface area (Å²) in [6.45, 7) is 0. The molecule has 0 saturated heterocycles. The molecule has 0 aliphatic rings. The fourth-order valence-corrected chi connectivity index (χ4v) is 3.71. The van der Waals surface area contributed by atoms with Crippen molar-refractivity contribution in [3.05, 3.63) is 78.6 Å². The number of amides is 2. The highest BCUT2D eigenvalue weighted by Gasteiger charge is 2.21. The third-order valence-electron chi connectivity index (χ3n) is 4.42. The molecule has 2 amide bonds. The first kappa shape index (κ1) is 22.9. The Bertz CT molecular complexity index is 1200. The highest BCUT2D eigenvalue weighted by Crippen LogP contribution is 2.23. The molecule has 0 fully saturated rings. The van der Waals surface area contributed by atoms with Crippen molar-refractivity contribution in [1.82, 2.24) is 9.71 Å². The van der Waals surface area contributed by atoms with Gasteiger partial charge in [-0.25, -0.2) is 17.9 Å². The van der Waals surface area contributed by atoms with Crippen molar-refractivity contribution in [2.75, 3.05) is 16.9 Å². The minimum Gasteiger partial charge on any atom is -0.480 e. The van der Waals surface area contributed by atoms with Crippen molar-refractivity contribution in [2.45, 2.75) is 12.5 Å². The quantitative estimate of drug-likeness (QED) is 0.413. The lowest BCUT2D eigenvalue weighted by Crippen LogP contribution is -2.41. The number of aromatic nitrogens is 1.